The molecular formula is C19H18ClN3O3. The van der Waals surface area contributed by atoms with Gasteiger partial charge in [-0.15, -0.1) is 10.2 Å². The Morgan fingerprint density at radius 2 is 2.04 bits per heavy atom. The summed E-state index contributed by atoms with van der Waals surface area (Å²) in [6.45, 7) is 2.39. The van der Waals surface area contributed by atoms with Crippen LogP contribution < -0.4 is 10.1 Å². The molecule has 0 atom stereocenters. The van der Waals surface area contributed by atoms with Gasteiger partial charge in [0.1, 0.15) is 5.75 Å². The zero-order valence-corrected chi connectivity index (χ0v) is 15.0. The Morgan fingerprint density at radius 3 is 2.73 bits per heavy atom. The van der Waals surface area contributed by atoms with Gasteiger partial charge in [-0.25, -0.2) is 0 Å². The molecule has 6 nitrogen and oxygen atoms in total. The van der Waals surface area contributed by atoms with E-state index < -0.39 is 0 Å². The molecule has 0 saturated heterocycles. The highest BCUT2D eigenvalue weighted by Gasteiger charge is 2.06. The predicted octanol–water partition coefficient (Wildman–Crippen LogP) is 4.50. The van der Waals surface area contributed by atoms with Crippen LogP contribution in [-0.4, -0.2) is 22.7 Å². The molecule has 1 N–H and O–H groups in total. The van der Waals surface area contributed by atoms with Crippen molar-refractivity contribution in [2.75, 3.05) is 11.9 Å². The Morgan fingerprint density at radius 1 is 1.23 bits per heavy atom. The molecule has 26 heavy (non-hydrogen) atoms. The summed E-state index contributed by atoms with van der Waals surface area (Å²) >= 11 is 5.98. The van der Waals surface area contributed by atoms with E-state index in [2.05, 4.69) is 15.5 Å². The number of carbonyl (C=O) groups is 1. The zero-order valence-electron chi connectivity index (χ0n) is 14.2. The molecule has 1 aromatic heterocycles. The third-order valence-corrected chi connectivity index (χ3v) is 4.15. The minimum atomic E-state index is -0.0635. The van der Waals surface area contributed by atoms with Crippen molar-refractivity contribution < 1.29 is 13.9 Å². The summed E-state index contributed by atoms with van der Waals surface area (Å²) in [5.41, 5.74) is 2.48. The van der Waals surface area contributed by atoms with Crippen LogP contribution in [0.1, 0.15) is 18.4 Å². The molecule has 0 radical (unpaired) electrons. The third-order valence-electron chi connectivity index (χ3n) is 3.72. The van der Waals surface area contributed by atoms with Crippen molar-refractivity contribution in [3.8, 4) is 17.2 Å². The molecule has 134 valence electrons. The second-order valence-corrected chi connectivity index (χ2v) is 6.14. The van der Waals surface area contributed by atoms with Gasteiger partial charge in [-0.2, -0.15) is 0 Å². The van der Waals surface area contributed by atoms with Gasteiger partial charge in [-0.3, -0.25) is 4.79 Å². The highest BCUT2D eigenvalue weighted by Crippen LogP contribution is 2.21. The lowest BCUT2D eigenvalue weighted by Crippen LogP contribution is -2.12. The average Bonchev–Trinajstić information content (AvgIpc) is 3.17. The van der Waals surface area contributed by atoms with E-state index in [4.69, 9.17) is 20.8 Å². The van der Waals surface area contributed by atoms with Crippen LogP contribution in [-0.2, 0) is 4.79 Å². The number of nitrogens with one attached hydrogen (secondary N) is 1. The maximum atomic E-state index is 12.0. The number of anilines is 1. The summed E-state index contributed by atoms with van der Waals surface area (Å²) in [5.74, 6) is 1.13. The molecule has 3 aromatic rings. The number of halogens is 1. The van der Waals surface area contributed by atoms with Gasteiger partial charge in [-0.1, -0.05) is 11.6 Å². The summed E-state index contributed by atoms with van der Waals surface area (Å²) < 4.78 is 10.8. The maximum absolute atomic E-state index is 12.0. The van der Waals surface area contributed by atoms with E-state index in [1.165, 1.54) is 6.39 Å². The summed E-state index contributed by atoms with van der Waals surface area (Å²) in [5, 5.41) is 11.0. The number of rotatable bonds is 7. The van der Waals surface area contributed by atoms with Gasteiger partial charge in [0.2, 0.25) is 18.2 Å². The van der Waals surface area contributed by atoms with Gasteiger partial charge >= 0.3 is 0 Å². The first-order chi connectivity index (χ1) is 12.6. The third kappa shape index (κ3) is 4.83. The Balaban J connectivity index is 1.42. The SMILES string of the molecule is Cc1cc(OCCCC(=O)Nc2ccc(-c3nnco3)cc2)ccc1Cl. The van der Waals surface area contributed by atoms with Crippen LogP contribution >= 0.6 is 11.6 Å². The molecule has 0 aliphatic heterocycles. The second kappa shape index (κ2) is 8.49. The lowest BCUT2D eigenvalue weighted by Gasteiger charge is -2.08. The average molecular weight is 372 g/mol. The lowest BCUT2D eigenvalue weighted by molar-refractivity contribution is -0.116. The molecule has 0 unspecified atom stereocenters. The number of nitrogens with zero attached hydrogens (tertiary/aromatic N) is 2. The first kappa shape index (κ1) is 17.9. The zero-order chi connectivity index (χ0) is 18.4. The Bertz CT molecular complexity index is 864. The van der Waals surface area contributed by atoms with E-state index in [9.17, 15) is 4.79 Å². The minimum absolute atomic E-state index is 0.0635. The molecule has 0 fully saturated rings. The smallest absolute Gasteiger partial charge is 0.247 e. The molecule has 0 aliphatic rings. The van der Waals surface area contributed by atoms with Crippen LogP contribution in [0.2, 0.25) is 5.02 Å². The Labute approximate surface area is 156 Å². The van der Waals surface area contributed by atoms with E-state index in [1.54, 1.807) is 18.2 Å². The molecule has 0 aliphatic carbocycles. The van der Waals surface area contributed by atoms with E-state index in [-0.39, 0.29) is 5.91 Å². The van der Waals surface area contributed by atoms with Gasteiger partial charge in [-0.05, 0) is 61.4 Å². The Kier molecular flexibility index (Phi) is 5.86. The number of amides is 1. The maximum Gasteiger partial charge on any atom is 0.247 e. The largest absolute Gasteiger partial charge is 0.494 e. The van der Waals surface area contributed by atoms with E-state index in [1.807, 2.05) is 31.2 Å². The van der Waals surface area contributed by atoms with Gasteiger partial charge in [0.25, 0.3) is 0 Å². The highest BCUT2D eigenvalue weighted by molar-refractivity contribution is 6.31. The summed E-state index contributed by atoms with van der Waals surface area (Å²) in [4.78, 5) is 12.0. The fraction of sp³-hybridized carbons (Fsp3) is 0.211. The van der Waals surface area contributed by atoms with Gasteiger partial charge in [0, 0.05) is 22.7 Å². The van der Waals surface area contributed by atoms with Gasteiger partial charge in [0.15, 0.2) is 0 Å². The van der Waals surface area contributed by atoms with Gasteiger partial charge in [0.05, 0.1) is 6.61 Å². The first-order valence-corrected chi connectivity index (χ1v) is 8.55. The standard InChI is InChI=1S/C19H18ClN3O3/c1-13-11-16(8-9-17(13)20)25-10-2-3-18(24)22-15-6-4-14(5-7-15)19-23-21-12-26-19/h4-9,11-12H,2-3,10H2,1H3,(H,22,24). The van der Waals surface area contributed by atoms with Crippen molar-refractivity contribution in [3.05, 3.63) is 59.4 Å². The van der Waals surface area contributed by atoms with Crippen LogP contribution in [0.25, 0.3) is 11.5 Å². The molecule has 3 rings (SSSR count). The quantitative estimate of drug-likeness (QED) is 0.619. The second-order valence-electron chi connectivity index (χ2n) is 5.73. The molecule has 0 bridgehead atoms. The van der Waals surface area contributed by atoms with Crippen molar-refractivity contribution in [1.82, 2.24) is 10.2 Å². The van der Waals surface area contributed by atoms with E-state index >= 15 is 0 Å². The molecule has 1 heterocycles. The summed E-state index contributed by atoms with van der Waals surface area (Å²) in [6.07, 6.45) is 2.27. The van der Waals surface area contributed by atoms with Crippen LogP contribution in [0, 0.1) is 6.92 Å². The van der Waals surface area contributed by atoms with Crippen molar-refractivity contribution in [1.29, 1.82) is 0 Å². The van der Waals surface area contributed by atoms with Crippen molar-refractivity contribution in [3.63, 3.8) is 0 Å². The molecule has 0 spiro atoms. The number of carbonyl (C=O) groups excluding carboxylic acids is 1. The van der Waals surface area contributed by atoms with Crippen LogP contribution in [0.3, 0.4) is 0 Å². The topological polar surface area (TPSA) is 77.2 Å². The van der Waals surface area contributed by atoms with Crippen molar-refractivity contribution in [2.24, 2.45) is 0 Å². The highest BCUT2D eigenvalue weighted by atomic mass is 35.5. The number of aromatic nitrogens is 2. The molecule has 7 heteroatoms. The predicted molar refractivity (Wildman–Crippen MR) is 99.3 cm³/mol. The molecule has 1 amide bonds. The normalized spacial score (nSPS) is 10.5. The van der Waals surface area contributed by atoms with Crippen molar-refractivity contribution >= 4 is 23.2 Å². The van der Waals surface area contributed by atoms with E-state index in [0.717, 1.165) is 16.9 Å². The molecular weight excluding hydrogens is 354 g/mol. The molecule has 2 aromatic carbocycles. The Hall–Kier alpha value is -2.86. The summed E-state index contributed by atoms with van der Waals surface area (Å²) in [6, 6.07) is 12.7. The number of ether oxygens (including phenoxy) is 1. The fourth-order valence-electron chi connectivity index (χ4n) is 2.35. The fourth-order valence-corrected chi connectivity index (χ4v) is 2.47. The first-order valence-electron chi connectivity index (χ1n) is 8.17. The molecule has 0 saturated carbocycles. The number of hydrogen-bond donors (Lipinski definition) is 1. The number of benzene rings is 2. The summed E-state index contributed by atoms with van der Waals surface area (Å²) in [7, 11) is 0. The van der Waals surface area contributed by atoms with Crippen molar-refractivity contribution in [2.45, 2.75) is 19.8 Å². The van der Waals surface area contributed by atoms with Crippen LogP contribution in [0.5, 0.6) is 5.75 Å². The minimum Gasteiger partial charge on any atom is -0.494 e. The van der Waals surface area contributed by atoms with Crippen LogP contribution in [0.15, 0.2) is 53.3 Å². The van der Waals surface area contributed by atoms with Gasteiger partial charge < -0.3 is 14.5 Å². The lowest BCUT2D eigenvalue weighted by atomic mass is 10.2. The van der Waals surface area contributed by atoms with E-state index in [0.29, 0.717) is 36.0 Å². The monoisotopic (exact) mass is 371 g/mol. The number of hydrogen-bond acceptors (Lipinski definition) is 5. The van der Waals surface area contributed by atoms with Crippen LogP contribution in [0.4, 0.5) is 5.69 Å². The number of aryl methyl sites for hydroxylation is 1.